The van der Waals surface area contributed by atoms with Gasteiger partial charge in [-0.2, -0.15) is 10.5 Å². The summed E-state index contributed by atoms with van der Waals surface area (Å²) in [4.78, 5) is 14.3. The quantitative estimate of drug-likeness (QED) is 0.626. The maximum Gasteiger partial charge on any atom is 0.261 e. The van der Waals surface area contributed by atoms with Crippen molar-refractivity contribution < 1.29 is 4.79 Å². The van der Waals surface area contributed by atoms with Gasteiger partial charge in [-0.25, -0.2) is 0 Å². The summed E-state index contributed by atoms with van der Waals surface area (Å²) in [6.45, 7) is 0.363. The Morgan fingerprint density at radius 3 is 2.43 bits per heavy atom. The van der Waals surface area contributed by atoms with Gasteiger partial charge in [0.2, 0.25) is 0 Å². The van der Waals surface area contributed by atoms with E-state index in [1.807, 2.05) is 30.3 Å². The van der Waals surface area contributed by atoms with Gasteiger partial charge in [0.25, 0.3) is 5.91 Å². The molecule has 0 aromatic heterocycles. The Bertz CT molecular complexity index is 888. The fourth-order valence-corrected chi connectivity index (χ4v) is 2.78. The summed E-state index contributed by atoms with van der Waals surface area (Å²) < 4.78 is 0. The third-order valence-corrected chi connectivity index (χ3v) is 3.87. The molecule has 0 saturated carbocycles. The SMILES string of the molecule is N#CC(C#N)=C1C(=O)N(Cc2ccccc2)c2ccc(Cl)cc21. The van der Waals surface area contributed by atoms with Gasteiger partial charge in [-0.3, -0.25) is 4.79 Å². The highest BCUT2D eigenvalue weighted by Crippen LogP contribution is 2.40. The molecule has 5 heteroatoms. The lowest BCUT2D eigenvalue weighted by Crippen LogP contribution is -2.26. The highest BCUT2D eigenvalue weighted by Gasteiger charge is 2.35. The van der Waals surface area contributed by atoms with Crippen LogP contribution in [0.25, 0.3) is 5.57 Å². The summed E-state index contributed by atoms with van der Waals surface area (Å²) in [5, 5.41) is 18.7. The predicted molar refractivity (Wildman–Crippen MR) is 87.2 cm³/mol. The van der Waals surface area contributed by atoms with Gasteiger partial charge in [0.05, 0.1) is 17.8 Å². The second kappa shape index (κ2) is 5.96. The first-order chi connectivity index (χ1) is 11.2. The Morgan fingerprint density at radius 2 is 1.78 bits per heavy atom. The summed E-state index contributed by atoms with van der Waals surface area (Å²) in [7, 11) is 0. The Morgan fingerprint density at radius 1 is 1.09 bits per heavy atom. The van der Waals surface area contributed by atoms with Crippen molar-refractivity contribution in [3.05, 3.63) is 70.3 Å². The van der Waals surface area contributed by atoms with Crippen molar-refractivity contribution in [1.82, 2.24) is 0 Å². The van der Waals surface area contributed by atoms with Gasteiger partial charge in [0.1, 0.15) is 17.7 Å². The number of hydrogen-bond donors (Lipinski definition) is 0. The second-order valence-corrected chi connectivity index (χ2v) is 5.45. The zero-order valence-corrected chi connectivity index (χ0v) is 12.7. The maximum absolute atomic E-state index is 12.8. The van der Waals surface area contributed by atoms with E-state index in [1.165, 1.54) is 0 Å². The van der Waals surface area contributed by atoms with Crippen LogP contribution in [-0.4, -0.2) is 5.91 Å². The van der Waals surface area contributed by atoms with Crippen LogP contribution < -0.4 is 4.90 Å². The minimum Gasteiger partial charge on any atom is -0.303 e. The van der Waals surface area contributed by atoms with Crippen molar-refractivity contribution in [2.24, 2.45) is 0 Å². The highest BCUT2D eigenvalue weighted by atomic mass is 35.5. The summed E-state index contributed by atoms with van der Waals surface area (Å²) in [6, 6.07) is 18.2. The molecule has 1 heterocycles. The molecule has 23 heavy (non-hydrogen) atoms. The number of rotatable bonds is 2. The van der Waals surface area contributed by atoms with E-state index < -0.39 is 0 Å². The third kappa shape index (κ3) is 2.57. The van der Waals surface area contributed by atoms with Crippen LogP contribution in [0.5, 0.6) is 0 Å². The molecule has 0 saturated heterocycles. The minimum atomic E-state index is -0.357. The van der Waals surface area contributed by atoms with Crippen LogP contribution in [0.3, 0.4) is 0 Å². The third-order valence-electron chi connectivity index (χ3n) is 3.63. The molecule has 0 radical (unpaired) electrons. The first-order valence-electron chi connectivity index (χ1n) is 6.86. The fourth-order valence-electron chi connectivity index (χ4n) is 2.60. The van der Waals surface area contributed by atoms with E-state index in [0.717, 1.165) is 5.56 Å². The van der Waals surface area contributed by atoms with Gasteiger partial charge in [0.15, 0.2) is 0 Å². The van der Waals surface area contributed by atoms with Crippen molar-refractivity contribution in [3.63, 3.8) is 0 Å². The summed E-state index contributed by atoms with van der Waals surface area (Å²) in [6.07, 6.45) is 0. The highest BCUT2D eigenvalue weighted by molar-refractivity contribution is 6.36. The molecule has 3 rings (SSSR count). The lowest BCUT2D eigenvalue weighted by atomic mass is 10.0. The smallest absolute Gasteiger partial charge is 0.261 e. The van der Waals surface area contributed by atoms with Crippen LogP contribution in [0.15, 0.2) is 54.1 Å². The Labute approximate surface area is 138 Å². The van der Waals surface area contributed by atoms with Gasteiger partial charge >= 0.3 is 0 Å². The summed E-state index contributed by atoms with van der Waals surface area (Å²) in [5.74, 6) is -0.357. The molecule has 0 unspecified atom stereocenters. The van der Waals surface area contributed by atoms with Gasteiger partial charge in [-0.15, -0.1) is 0 Å². The van der Waals surface area contributed by atoms with Gasteiger partial charge in [-0.05, 0) is 23.8 Å². The number of anilines is 1. The van der Waals surface area contributed by atoms with E-state index in [0.29, 0.717) is 22.8 Å². The van der Waals surface area contributed by atoms with Crippen molar-refractivity contribution in [2.75, 3.05) is 4.90 Å². The number of benzene rings is 2. The van der Waals surface area contributed by atoms with Crippen molar-refractivity contribution >= 4 is 28.8 Å². The summed E-state index contributed by atoms with van der Waals surface area (Å²) in [5.41, 5.74) is 2.05. The Hall–Kier alpha value is -3.08. The van der Waals surface area contributed by atoms with Gasteiger partial charge in [-0.1, -0.05) is 41.9 Å². The molecule has 2 aromatic carbocycles. The van der Waals surface area contributed by atoms with Crippen LogP contribution in [-0.2, 0) is 11.3 Å². The molecule has 0 bridgehead atoms. The molecular formula is C18H10ClN3O. The molecule has 0 aliphatic carbocycles. The number of carbonyl (C=O) groups is 1. The van der Waals surface area contributed by atoms with E-state index in [4.69, 9.17) is 22.1 Å². The molecule has 1 amide bonds. The van der Waals surface area contributed by atoms with Gasteiger partial charge < -0.3 is 4.90 Å². The maximum atomic E-state index is 12.8. The largest absolute Gasteiger partial charge is 0.303 e. The van der Waals surface area contributed by atoms with Crippen LogP contribution >= 0.6 is 11.6 Å². The molecule has 1 aliphatic heterocycles. The van der Waals surface area contributed by atoms with Crippen molar-refractivity contribution in [1.29, 1.82) is 10.5 Å². The van der Waals surface area contributed by atoms with Crippen LogP contribution in [0.2, 0.25) is 5.02 Å². The lowest BCUT2D eigenvalue weighted by molar-refractivity contribution is -0.113. The fraction of sp³-hybridized carbons (Fsp3) is 0.0556. The predicted octanol–water partition coefficient (Wildman–Crippen LogP) is 3.69. The zero-order chi connectivity index (χ0) is 16.4. The normalized spacial score (nSPS) is 12.6. The molecule has 0 N–H and O–H groups in total. The first-order valence-corrected chi connectivity index (χ1v) is 7.23. The van der Waals surface area contributed by atoms with E-state index in [9.17, 15) is 4.79 Å². The number of carbonyl (C=O) groups excluding carboxylic acids is 1. The molecule has 1 aliphatic rings. The standard InChI is InChI=1S/C18H10ClN3O/c19-14-6-7-16-15(8-14)17(13(9-20)10-21)18(23)22(16)11-12-4-2-1-3-5-12/h1-8H,11H2. The van der Waals surface area contributed by atoms with Gasteiger partial charge in [0, 0.05) is 10.6 Å². The molecule has 2 aromatic rings. The van der Waals surface area contributed by atoms with E-state index >= 15 is 0 Å². The van der Waals surface area contributed by atoms with Crippen molar-refractivity contribution in [3.8, 4) is 12.1 Å². The lowest BCUT2D eigenvalue weighted by Gasteiger charge is -2.17. The molecule has 0 spiro atoms. The van der Waals surface area contributed by atoms with Crippen LogP contribution in [0, 0.1) is 22.7 Å². The minimum absolute atomic E-state index is 0.114. The number of fused-ring (bicyclic) bond motifs is 1. The van der Waals surface area contributed by atoms with Crippen LogP contribution in [0.1, 0.15) is 11.1 Å². The topological polar surface area (TPSA) is 67.9 Å². The Kier molecular flexibility index (Phi) is 3.85. The first kappa shape index (κ1) is 14.8. The van der Waals surface area contributed by atoms with E-state index in [2.05, 4.69) is 0 Å². The number of halogens is 1. The number of nitrogens with zero attached hydrogens (tertiary/aromatic N) is 3. The molecular weight excluding hydrogens is 310 g/mol. The molecule has 110 valence electrons. The zero-order valence-electron chi connectivity index (χ0n) is 12.0. The van der Waals surface area contributed by atoms with Crippen molar-refractivity contribution in [2.45, 2.75) is 6.54 Å². The summed E-state index contributed by atoms with van der Waals surface area (Å²) >= 11 is 6.02. The number of allylic oxidation sites excluding steroid dienone is 1. The number of hydrogen-bond acceptors (Lipinski definition) is 3. The second-order valence-electron chi connectivity index (χ2n) is 5.01. The monoisotopic (exact) mass is 319 g/mol. The Balaban J connectivity index is 2.15. The molecule has 4 nitrogen and oxygen atoms in total. The number of amides is 1. The number of nitriles is 2. The average molecular weight is 320 g/mol. The average Bonchev–Trinajstić information content (AvgIpc) is 2.82. The molecule has 0 fully saturated rings. The van der Waals surface area contributed by atoms with E-state index in [-0.39, 0.29) is 17.1 Å². The van der Waals surface area contributed by atoms with Crippen LogP contribution in [0.4, 0.5) is 5.69 Å². The molecule has 0 atom stereocenters. The van der Waals surface area contributed by atoms with E-state index in [1.54, 1.807) is 35.2 Å².